The van der Waals surface area contributed by atoms with Crippen LogP contribution in [-0.4, -0.2) is 24.1 Å². The van der Waals surface area contributed by atoms with Crippen molar-refractivity contribution in [3.05, 3.63) is 100 Å². The van der Waals surface area contributed by atoms with Crippen molar-refractivity contribution in [3.63, 3.8) is 0 Å². The normalized spacial score (nSPS) is 11.9. The van der Waals surface area contributed by atoms with Crippen LogP contribution < -0.4 is 15.5 Å². The average molecular weight is 492 g/mol. The molecule has 3 aromatic rings. The zero-order chi connectivity index (χ0) is 25.2. The van der Waals surface area contributed by atoms with Gasteiger partial charge in [-0.25, -0.2) is 5.43 Å². The number of hydrogen-bond acceptors (Lipinski definition) is 4. The molecule has 0 saturated heterocycles. The van der Waals surface area contributed by atoms with Gasteiger partial charge in [0.2, 0.25) is 0 Å². The molecule has 0 aliphatic carbocycles. The summed E-state index contributed by atoms with van der Waals surface area (Å²) in [7, 11) is 0. The van der Waals surface area contributed by atoms with Gasteiger partial charge >= 0.3 is 0 Å². The van der Waals surface area contributed by atoms with E-state index in [1.54, 1.807) is 30.5 Å². The predicted molar refractivity (Wildman–Crippen MR) is 140 cm³/mol. The van der Waals surface area contributed by atoms with Crippen LogP contribution in [0.1, 0.15) is 47.3 Å². The van der Waals surface area contributed by atoms with Crippen LogP contribution in [0, 0.1) is 12.8 Å². The van der Waals surface area contributed by atoms with E-state index < -0.39 is 6.04 Å². The second kappa shape index (κ2) is 12.7. The number of carbonyl (C=O) groups excluding carboxylic acids is 2. The zero-order valence-electron chi connectivity index (χ0n) is 20.1. The first-order valence-corrected chi connectivity index (χ1v) is 11.9. The van der Waals surface area contributed by atoms with Crippen LogP contribution in [0.25, 0.3) is 0 Å². The molecule has 0 bridgehead atoms. The second-order valence-electron chi connectivity index (χ2n) is 8.74. The number of amides is 2. The van der Waals surface area contributed by atoms with E-state index in [4.69, 9.17) is 16.3 Å². The Morgan fingerprint density at radius 3 is 2.40 bits per heavy atom. The van der Waals surface area contributed by atoms with Gasteiger partial charge in [-0.3, -0.25) is 9.59 Å². The molecule has 2 amide bonds. The quantitative estimate of drug-likeness (QED) is 0.289. The fourth-order valence-corrected chi connectivity index (χ4v) is 3.54. The van der Waals surface area contributed by atoms with Crippen LogP contribution in [-0.2, 0) is 11.4 Å². The van der Waals surface area contributed by atoms with Gasteiger partial charge in [0.05, 0.1) is 6.21 Å². The SMILES string of the molecule is Cc1cccc(COc2ccc(/C=N/NC(=O)C(CC(C)C)NC(=O)c3ccc(Cl)cc3)cc2)c1. The van der Waals surface area contributed by atoms with Crippen molar-refractivity contribution in [1.29, 1.82) is 0 Å². The summed E-state index contributed by atoms with van der Waals surface area (Å²) >= 11 is 5.89. The van der Waals surface area contributed by atoms with E-state index in [1.807, 2.05) is 50.2 Å². The van der Waals surface area contributed by atoms with Gasteiger partial charge in [-0.05, 0) is 78.9 Å². The highest BCUT2D eigenvalue weighted by Crippen LogP contribution is 2.14. The number of rotatable bonds is 10. The molecule has 0 radical (unpaired) electrons. The Balaban J connectivity index is 1.54. The van der Waals surface area contributed by atoms with Gasteiger partial charge in [0, 0.05) is 10.6 Å². The molecule has 0 aromatic heterocycles. The topological polar surface area (TPSA) is 79.8 Å². The highest BCUT2D eigenvalue weighted by atomic mass is 35.5. The van der Waals surface area contributed by atoms with E-state index >= 15 is 0 Å². The average Bonchev–Trinajstić information content (AvgIpc) is 2.83. The number of ether oxygens (including phenoxy) is 1. The summed E-state index contributed by atoms with van der Waals surface area (Å²) in [5.41, 5.74) is 6.07. The van der Waals surface area contributed by atoms with Gasteiger partial charge in [0.25, 0.3) is 11.8 Å². The molecule has 182 valence electrons. The maximum atomic E-state index is 12.7. The number of halogens is 1. The van der Waals surface area contributed by atoms with Crippen LogP contribution in [0.15, 0.2) is 77.9 Å². The van der Waals surface area contributed by atoms with Crippen molar-refractivity contribution in [2.45, 2.75) is 39.8 Å². The summed E-state index contributed by atoms with van der Waals surface area (Å²) in [6.45, 7) is 6.51. The molecule has 7 heteroatoms. The maximum absolute atomic E-state index is 12.7. The van der Waals surface area contributed by atoms with E-state index in [9.17, 15) is 9.59 Å². The molecule has 0 aliphatic rings. The lowest BCUT2D eigenvalue weighted by atomic mass is 10.0. The highest BCUT2D eigenvalue weighted by molar-refractivity contribution is 6.30. The third-order valence-corrected chi connectivity index (χ3v) is 5.44. The fourth-order valence-electron chi connectivity index (χ4n) is 3.41. The fraction of sp³-hybridized carbons (Fsp3) is 0.250. The Bertz CT molecular complexity index is 1160. The standard InChI is InChI=1S/C28H30ClN3O3/c1-19(2)15-26(31-27(33)23-9-11-24(29)12-10-23)28(34)32-30-17-21-7-13-25(14-8-21)35-18-22-6-4-5-20(3)16-22/h4-14,16-17,19,26H,15,18H2,1-3H3,(H,31,33)(H,32,34)/b30-17+. The summed E-state index contributed by atoms with van der Waals surface area (Å²) in [6.07, 6.45) is 2.03. The molecule has 1 unspecified atom stereocenters. The number of carbonyl (C=O) groups is 2. The van der Waals surface area contributed by atoms with Crippen molar-refractivity contribution >= 4 is 29.6 Å². The molecule has 2 N–H and O–H groups in total. The minimum absolute atomic E-state index is 0.201. The Morgan fingerprint density at radius 2 is 1.74 bits per heavy atom. The Labute approximate surface area is 211 Å². The molecule has 0 heterocycles. The van der Waals surface area contributed by atoms with Crippen molar-refractivity contribution < 1.29 is 14.3 Å². The van der Waals surface area contributed by atoms with Crippen LogP contribution >= 0.6 is 11.6 Å². The first-order valence-electron chi connectivity index (χ1n) is 11.5. The van der Waals surface area contributed by atoms with E-state index in [0.29, 0.717) is 23.6 Å². The molecular formula is C28H30ClN3O3. The van der Waals surface area contributed by atoms with Crippen LogP contribution in [0.2, 0.25) is 5.02 Å². The molecule has 0 spiro atoms. The Hall–Kier alpha value is -3.64. The van der Waals surface area contributed by atoms with Gasteiger partial charge in [0.15, 0.2) is 0 Å². The van der Waals surface area contributed by atoms with E-state index in [1.165, 1.54) is 5.56 Å². The van der Waals surface area contributed by atoms with Gasteiger partial charge < -0.3 is 10.1 Å². The van der Waals surface area contributed by atoms with Crippen LogP contribution in [0.5, 0.6) is 5.75 Å². The number of nitrogens with one attached hydrogen (secondary N) is 2. The molecule has 6 nitrogen and oxygen atoms in total. The number of hydrazone groups is 1. The molecular weight excluding hydrogens is 462 g/mol. The minimum Gasteiger partial charge on any atom is -0.489 e. The highest BCUT2D eigenvalue weighted by Gasteiger charge is 2.22. The number of aryl methyl sites for hydroxylation is 1. The van der Waals surface area contributed by atoms with Crippen LogP contribution in [0.4, 0.5) is 0 Å². The zero-order valence-corrected chi connectivity index (χ0v) is 20.9. The van der Waals surface area contributed by atoms with E-state index in [2.05, 4.69) is 34.9 Å². The largest absolute Gasteiger partial charge is 0.489 e. The summed E-state index contributed by atoms with van der Waals surface area (Å²) in [5.74, 6) is 0.227. The Kier molecular flexibility index (Phi) is 9.44. The first kappa shape index (κ1) is 26.0. The number of benzene rings is 3. The van der Waals surface area contributed by atoms with Crippen molar-refractivity contribution in [3.8, 4) is 5.75 Å². The molecule has 1 atom stereocenters. The van der Waals surface area contributed by atoms with Gasteiger partial charge in [-0.15, -0.1) is 0 Å². The lowest BCUT2D eigenvalue weighted by molar-refractivity contribution is -0.123. The lowest BCUT2D eigenvalue weighted by Crippen LogP contribution is -2.46. The number of nitrogens with zero attached hydrogens (tertiary/aromatic N) is 1. The van der Waals surface area contributed by atoms with Crippen molar-refractivity contribution in [1.82, 2.24) is 10.7 Å². The van der Waals surface area contributed by atoms with Gasteiger partial charge in [-0.1, -0.05) is 55.3 Å². The minimum atomic E-state index is -0.715. The van der Waals surface area contributed by atoms with Crippen LogP contribution in [0.3, 0.4) is 0 Å². The third kappa shape index (κ3) is 8.58. The van der Waals surface area contributed by atoms with E-state index in [-0.39, 0.29) is 17.7 Å². The second-order valence-corrected chi connectivity index (χ2v) is 9.18. The van der Waals surface area contributed by atoms with Crippen molar-refractivity contribution in [2.24, 2.45) is 11.0 Å². The summed E-state index contributed by atoms with van der Waals surface area (Å²) < 4.78 is 5.83. The molecule has 0 saturated carbocycles. The van der Waals surface area contributed by atoms with Crippen molar-refractivity contribution in [2.75, 3.05) is 0 Å². The number of hydrogen-bond donors (Lipinski definition) is 2. The molecule has 0 aliphatic heterocycles. The summed E-state index contributed by atoms with van der Waals surface area (Å²) in [5, 5.41) is 7.39. The van der Waals surface area contributed by atoms with Gasteiger partial charge in [0.1, 0.15) is 18.4 Å². The third-order valence-electron chi connectivity index (χ3n) is 5.19. The molecule has 0 fully saturated rings. The molecule has 35 heavy (non-hydrogen) atoms. The Morgan fingerprint density at radius 1 is 1.03 bits per heavy atom. The predicted octanol–water partition coefficient (Wildman–Crippen LogP) is 5.52. The smallest absolute Gasteiger partial charge is 0.262 e. The summed E-state index contributed by atoms with van der Waals surface area (Å²) in [6, 6.07) is 21.4. The summed E-state index contributed by atoms with van der Waals surface area (Å²) in [4.78, 5) is 25.3. The molecule has 3 rings (SSSR count). The lowest BCUT2D eigenvalue weighted by Gasteiger charge is -2.19. The first-order chi connectivity index (χ1) is 16.8. The van der Waals surface area contributed by atoms with E-state index in [0.717, 1.165) is 16.9 Å². The molecule has 3 aromatic carbocycles. The van der Waals surface area contributed by atoms with Gasteiger partial charge in [-0.2, -0.15) is 5.10 Å². The maximum Gasteiger partial charge on any atom is 0.262 e. The monoisotopic (exact) mass is 491 g/mol.